The van der Waals surface area contributed by atoms with E-state index >= 15 is 0 Å². The summed E-state index contributed by atoms with van der Waals surface area (Å²) in [6.45, 7) is 1.76. The Bertz CT molecular complexity index is 895. The molecule has 140 valence electrons. The van der Waals surface area contributed by atoms with Gasteiger partial charge in [-0.25, -0.2) is 0 Å². The van der Waals surface area contributed by atoms with E-state index in [1.165, 1.54) is 10.5 Å². The summed E-state index contributed by atoms with van der Waals surface area (Å²) >= 11 is 0. The van der Waals surface area contributed by atoms with Crippen LogP contribution in [0.3, 0.4) is 0 Å². The number of nitrogens with zero attached hydrogens (tertiary/aromatic N) is 2. The predicted molar refractivity (Wildman–Crippen MR) is 101 cm³/mol. The van der Waals surface area contributed by atoms with E-state index in [9.17, 15) is 0 Å². The number of methoxy groups -OCH3 is 2. The maximum atomic E-state index is 5.60. The molecule has 1 unspecified atom stereocenters. The Morgan fingerprint density at radius 2 is 1.96 bits per heavy atom. The van der Waals surface area contributed by atoms with E-state index in [4.69, 9.17) is 14.0 Å². The molecule has 1 aromatic heterocycles. The van der Waals surface area contributed by atoms with Crippen LogP contribution in [0.25, 0.3) is 11.4 Å². The van der Waals surface area contributed by atoms with Gasteiger partial charge in [-0.3, -0.25) is 0 Å². The third-order valence-electron chi connectivity index (χ3n) is 5.17. The molecule has 6 heteroatoms. The minimum Gasteiger partial charge on any atom is -0.497 e. The van der Waals surface area contributed by atoms with Gasteiger partial charge in [-0.15, -0.1) is 0 Å². The average molecular weight is 366 g/mol. The summed E-state index contributed by atoms with van der Waals surface area (Å²) in [4.78, 5) is 6.00. The third kappa shape index (κ3) is 3.66. The number of quaternary nitrogens is 1. The van der Waals surface area contributed by atoms with E-state index in [0.717, 1.165) is 36.4 Å². The molecule has 1 aliphatic rings. The number of benzene rings is 2. The van der Waals surface area contributed by atoms with Crippen LogP contribution in [0.2, 0.25) is 0 Å². The van der Waals surface area contributed by atoms with E-state index in [1.54, 1.807) is 14.2 Å². The molecular formula is C21H24N3O3+. The molecule has 0 saturated carbocycles. The fourth-order valence-corrected chi connectivity index (χ4v) is 3.84. The van der Waals surface area contributed by atoms with Crippen LogP contribution in [0.15, 0.2) is 53.1 Å². The van der Waals surface area contributed by atoms with Crippen LogP contribution in [0.4, 0.5) is 0 Å². The molecule has 6 nitrogen and oxygen atoms in total. The molecule has 2 heterocycles. The van der Waals surface area contributed by atoms with Crippen molar-refractivity contribution in [3.8, 4) is 22.9 Å². The highest BCUT2D eigenvalue weighted by atomic mass is 16.5. The Balaban J connectivity index is 1.55. The molecule has 0 bridgehead atoms. The Labute approximate surface area is 158 Å². The first-order chi connectivity index (χ1) is 13.3. The first-order valence-corrected chi connectivity index (χ1v) is 9.23. The van der Waals surface area contributed by atoms with Crippen molar-refractivity contribution in [2.24, 2.45) is 0 Å². The van der Waals surface area contributed by atoms with Gasteiger partial charge in [0.1, 0.15) is 17.5 Å². The van der Waals surface area contributed by atoms with Gasteiger partial charge in [-0.1, -0.05) is 35.5 Å². The van der Waals surface area contributed by atoms with Crippen molar-refractivity contribution in [2.75, 3.05) is 20.8 Å². The van der Waals surface area contributed by atoms with Crippen molar-refractivity contribution >= 4 is 0 Å². The second kappa shape index (κ2) is 7.80. The predicted octanol–water partition coefficient (Wildman–Crippen LogP) is 2.67. The zero-order chi connectivity index (χ0) is 18.6. The second-order valence-electron chi connectivity index (χ2n) is 6.77. The monoisotopic (exact) mass is 366 g/mol. The molecule has 1 aliphatic heterocycles. The quantitative estimate of drug-likeness (QED) is 0.727. The Hall–Kier alpha value is -2.86. The van der Waals surface area contributed by atoms with Gasteiger partial charge >= 0.3 is 0 Å². The zero-order valence-corrected chi connectivity index (χ0v) is 15.6. The van der Waals surface area contributed by atoms with Crippen LogP contribution in [0.5, 0.6) is 11.5 Å². The molecule has 2 atom stereocenters. The van der Waals surface area contributed by atoms with Gasteiger partial charge in [-0.05, 0) is 18.2 Å². The van der Waals surface area contributed by atoms with Gasteiger partial charge in [0.25, 0.3) is 5.89 Å². The summed E-state index contributed by atoms with van der Waals surface area (Å²) in [7, 11) is 3.40. The van der Waals surface area contributed by atoms with Crippen LogP contribution >= 0.6 is 0 Å². The molecule has 27 heavy (non-hydrogen) atoms. The highest BCUT2D eigenvalue weighted by Gasteiger charge is 2.34. The Morgan fingerprint density at radius 1 is 1.11 bits per heavy atom. The Kier molecular flexibility index (Phi) is 5.07. The van der Waals surface area contributed by atoms with Gasteiger partial charge in [0.05, 0.1) is 26.3 Å². The number of aromatic nitrogens is 2. The fourth-order valence-electron chi connectivity index (χ4n) is 3.84. The number of ether oxygens (including phenoxy) is 2. The summed E-state index contributed by atoms with van der Waals surface area (Å²) in [5.74, 6) is 3.05. The molecule has 4 rings (SSSR count). The van der Waals surface area contributed by atoms with E-state index in [2.05, 4.69) is 16.2 Å². The summed E-state index contributed by atoms with van der Waals surface area (Å²) in [5, 5.41) is 4.14. The van der Waals surface area contributed by atoms with Crippen LogP contribution in [-0.4, -0.2) is 30.9 Å². The lowest BCUT2D eigenvalue weighted by Gasteiger charge is -2.22. The number of likely N-dealkylation sites (tertiary alicyclic amines) is 1. The lowest BCUT2D eigenvalue weighted by molar-refractivity contribution is -0.933. The van der Waals surface area contributed by atoms with Gasteiger partial charge in [0.15, 0.2) is 6.54 Å². The highest BCUT2D eigenvalue weighted by molar-refractivity contribution is 5.53. The van der Waals surface area contributed by atoms with E-state index in [1.807, 2.05) is 42.5 Å². The van der Waals surface area contributed by atoms with Crippen molar-refractivity contribution in [3.63, 3.8) is 0 Å². The van der Waals surface area contributed by atoms with E-state index in [0.29, 0.717) is 24.3 Å². The van der Waals surface area contributed by atoms with Crippen molar-refractivity contribution in [1.29, 1.82) is 0 Å². The van der Waals surface area contributed by atoms with Crippen LogP contribution in [0.1, 0.15) is 30.3 Å². The van der Waals surface area contributed by atoms with Gasteiger partial charge in [0.2, 0.25) is 5.82 Å². The minimum absolute atomic E-state index is 0.321. The number of rotatable bonds is 6. The van der Waals surface area contributed by atoms with Crippen molar-refractivity contribution < 1.29 is 18.9 Å². The molecule has 3 aromatic rings. The molecule has 2 aromatic carbocycles. The molecular weight excluding hydrogens is 342 g/mol. The van der Waals surface area contributed by atoms with Crippen LogP contribution in [-0.2, 0) is 6.54 Å². The zero-order valence-electron chi connectivity index (χ0n) is 15.6. The smallest absolute Gasteiger partial charge is 0.282 e. The lowest BCUT2D eigenvalue weighted by atomic mass is 10.0. The molecule has 0 spiro atoms. The summed E-state index contributed by atoms with van der Waals surface area (Å²) in [6.07, 6.45) is 2.25. The first kappa shape index (κ1) is 17.5. The Morgan fingerprint density at radius 3 is 2.74 bits per heavy atom. The van der Waals surface area contributed by atoms with Crippen LogP contribution in [0, 0.1) is 0 Å². The van der Waals surface area contributed by atoms with Crippen molar-refractivity contribution in [1.82, 2.24) is 10.1 Å². The minimum atomic E-state index is 0.321. The van der Waals surface area contributed by atoms with E-state index < -0.39 is 0 Å². The van der Waals surface area contributed by atoms with Gasteiger partial charge in [-0.2, -0.15) is 4.98 Å². The molecule has 1 saturated heterocycles. The fraction of sp³-hybridized carbons (Fsp3) is 0.333. The first-order valence-electron chi connectivity index (χ1n) is 9.23. The number of hydrogen-bond donors (Lipinski definition) is 1. The largest absolute Gasteiger partial charge is 0.497 e. The lowest BCUT2D eigenvalue weighted by Crippen LogP contribution is -3.09. The summed E-state index contributed by atoms with van der Waals surface area (Å²) < 4.78 is 16.5. The standard InChI is InChI=1S/C21H23N3O3/c1-25-16-10-11-19(26-2)17(13-16)18-9-6-12-24(18)14-20-22-21(23-27-20)15-7-4-3-5-8-15/h3-5,7-8,10-11,13,18H,6,9,12,14H2,1-2H3/p+1/t18-/m0/s1. The topological polar surface area (TPSA) is 61.8 Å². The molecule has 1 fully saturated rings. The van der Waals surface area contributed by atoms with Crippen molar-refractivity contribution in [2.45, 2.75) is 25.4 Å². The molecule has 0 radical (unpaired) electrons. The van der Waals surface area contributed by atoms with Crippen molar-refractivity contribution in [3.05, 3.63) is 60.0 Å². The highest BCUT2D eigenvalue weighted by Crippen LogP contribution is 2.32. The van der Waals surface area contributed by atoms with E-state index in [-0.39, 0.29) is 0 Å². The maximum absolute atomic E-state index is 5.60. The molecule has 0 aliphatic carbocycles. The maximum Gasteiger partial charge on any atom is 0.282 e. The second-order valence-corrected chi connectivity index (χ2v) is 6.77. The normalized spacial score (nSPS) is 19.2. The SMILES string of the molecule is COc1ccc(OC)c([C@@H]2CCC[NH+]2Cc2nc(-c3ccccc3)no2)c1. The number of hydrogen-bond acceptors (Lipinski definition) is 5. The van der Waals surface area contributed by atoms with Gasteiger partial charge in [0, 0.05) is 18.4 Å². The summed E-state index contributed by atoms with van der Waals surface area (Å²) in [6, 6.07) is 16.2. The molecule has 1 N–H and O–H groups in total. The van der Waals surface area contributed by atoms with Crippen LogP contribution < -0.4 is 14.4 Å². The summed E-state index contributed by atoms with van der Waals surface area (Å²) in [5.41, 5.74) is 2.14. The average Bonchev–Trinajstić information content (AvgIpc) is 3.38. The number of nitrogens with one attached hydrogen (secondary N) is 1. The van der Waals surface area contributed by atoms with Gasteiger partial charge < -0.3 is 18.9 Å². The molecule has 0 amide bonds. The third-order valence-corrected chi connectivity index (χ3v) is 5.17.